The van der Waals surface area contributed by atoms with E-state index in [0.29, 0.717) is 5.91 Å². The van der Waals surface area contributed by atoms with Gasteiger partial charge in [0, 0.05) is 56.8 Å². The van der Waals surface area contributed by atoms with Gasteiger partial charge in [0.2, 0.25) is 11.9 Å². The van der Waals surface area contributed by atoms with Crippen molar-refractivity contribution >= 4 is 17.5 Å². The topological polar surface area (TPSA) is 52.6 Å². The number of nitrogens with zero attached hydrogens (tertiary/aromatic N) is 5. The molecule has 0 saturated carbocycles. The van der Waals surface area contributed by atoms with Gasteiger partial charge in [0.15, 0.2) is 0 Å². The van der Waals surface area contributed by atoms with E-state index in [-0.39, 0.29) is 5.92 Å². The van der Waals surface area contributed by atoms with Crippen molar-refractivity contribution in [2.75, 3.05) is 49.1 Å². The normalized spacial score (nSPS) is 20.1. The van der Waals surface area contributed by atoms with Crippen LogP contribution in [0, 0.1) is 26.7 Å². The lowest BCUT2D eigenvalue weighted by molar-refractivity contribution is -0.136. The highest BCUT2D eigenvalue weighted by atomic mass is 16.2. The van der Waals surface area contributed by atoms with Crippen molar-refractivity contribution < 1.29 is 4.79 Å². The lowest BCUT2D eigenvalue weighted by Gasteiger charge is -2.40. The molecule has 1 amide bonds. The third-order valence-electron chi connectivity index (χ3n) is 6.13. The van der Waals surface area contributed by atoms with Crippen LogP contribution in [0.25, 0.3) is 0 Å². The van der Waals surface area contributed by atoms with Crippen molar-refractivity contribution in [3.05, 3.63) is 47.3 Å². The van der Waals surface area contributed by atoms with E-state index in [4.69, 9.17) is 0 Å². The monoisotopic (exact) mass is 393 g/mol. The Morgan fingerprint density at radius 2 is 1.79 bits per heavy atom. The number of carbonyl (C=O) groups excluding carboxylic acids is 1. The van der Waals surface area contributed by atoms with Crippen LogP contribution in [0.15, 0.2) is 30.5 Å². The number of anilines is 2. The second-order valence-corrected chi connectivity index (χ2v) is 8.39. The van der Waals surface area contributed by atoms with Gasteiger partial charge in [0.1, 0.15) is 0 Å². The number of amides is 1. The van der Waals surface area contributed by atoms with Gasteiger partial charge in [-0.1, -0.05) is 12.1 Å². The number of aryl methyl sites for hydroxylation is 3. The maximum Gasteiger partial charge on any atom is 0.227 e. The number of carbonyl (C=O) groups is 1. The van der Waals surface area contributed by atoms with E-state index in [1.807, 2.05) is 13.0 Å². The van der Waals surface area contributed by atoms with E-state index in [2.05, 4.69) is 56.7 Å². The Morgan fingerprint density at radius 3 is 2.55 bits per heavy atom. The van der Waals surface area contributed by atoms with E-state index in [1.165, 1.54) is 16.8 Å². The van der Waals surface area contributed by atoms with Crippen LogP contribution in [0.2, 0.25) is 0 Å². The number of aromatic nitrogens is 2. The molecule has 0 N–H and O–H groups in total. The van der Waals surface area contributed by atoms with Crippen molar-refractivity contribution in [2.24, 2.45) is 5.92 Å². The Labute approximate surface area is 173 Å². The number of hydrogen-bond acceptors (Lipinski definition) is 5. The van der Waals surface area contributed by atoms with Gasteiger partial charge in [-0.25, -0.2) is 9.97 Å². The van der Waals surface area contributed by atoms with Crippen LogP contribution in [0.5, 0.6) is 0 Å². The largest absolute Gasteiger partial charge is 0.368 e. The molecule has 3 heterocycles. The highest BCUT2D eigenvalue weighted by molar-refractivity contribution is 5.80. The quantitative estimate of drug-likeness (QED) is 0.802. The zero-order chi connectivity index (χ0) is 20.4. The molecule has 1 atom stereocenters. The molecule has 2 saturated heterocycles. The maximum absolute atomic E-state index is 13.2. The van der Waals surface area contributed by atoms with E-state index < -0.39 is 0 Å². The summed E-state index contributed by atoms with van der Waals surface area (Å²) in [4.78, 5) is 28.8. The predicted octanol–water partition coefficient (Wildman–Crippen LogP) is 2.97. The van der Waals surface area contributed by atoms with Crippen molar-refractivity contribution in [1.82, 2.24) is 14.9 Å². The number of hydrogen-bond donors (Lipinski definition) is 0. The Morgan fingerprint density at radius 1 is 1.00 bits per heavy atom. The molecule has 2 fully saturated rings. The summed E-state index contributed by atoms with van der Waals surface area (Å²) in [6, 6.07) is 8.51. The van der Waals surface area contributed by atoms with Gasteiger partial charge in [-0.3, -0.25) is 4.79 Å². The lowest BCUT2D eigenvalue weighted by Crippen LogP contribution is -2.53. The molecule has 6 nitrogen and oxygen atoms in total. The standard InChI is InChI=1S/C23H31N5O/c1-17-6-7-18(2)21(15-17)26-11-13-27(14-12-26)22(29)20-5-4-10-28(16-20)23-24-9-8-19(3)25-23/h6-9,15,20H,4-5,10-14,16H2,1-3H3/t20-/m0/s1. The molecule has 0 aliphatic carbocycles. The lowest BCUT2D eigenvalue weighted by atomic mass is 9.96. The first-order valence-corrected chi connectivity index (χ1v) is 10.7. The molecular formula is C23H31N5O. The van der Waals surface area contributed by atoms with Crippen molar-refractivity contribution in [1.29, 1.82) is 0 Å². The highest BCUT2D eigenvalue weighted by Crippen LogP contribution is 2.25. The van der Waals surface area contributed by atoms with Gasteiger partial charge in [0.25, 0.3) is 0 Å². The molecular weight excluding hydrogens is 362 g/mol. The zero-order valence-electron chi connectivity index (χ0n) is 17.8. The third-order valence-corrected chi connectivity index (χ3v) is 6.13. The number of rotatable bonds is 3. The van der Waals surface area contributed by atoms with E-state index in [9.17, 15) is 4.79 Å². The molecule has 29 heavy (non-hydrogen) atoms. The molecule has 6 heteroatoms. The summed E-state index contributed by atoms with van der Waals surface area (Å²) in [6.07, 6.45) is 3.77. The van der Waals surface area contributed by atoms with E-state index in [1.54, 1.807) is 6.20 Å². The zero-order valence-corrected chi connectivity index (χ0v) is 17.8. The summed E-state index contributed by atoms with van der Waals surface area (Å²) in [6.45, 7) is 11.3. The van der Waals surface area contributed by atoms with Crippen LogP contribution in [-0.4, -0.2) is 60.0 Å². The summed E-state index contributed by atoms with van der Waals surface area (Å²) < 4.78 is 0. The third kappa shape index (κ3) is 4.36. The molecule has 2 aliphatic heterocycles. The van der Waals surface area contributed by atoms with Gasteiger partial charge in [0.05, 0.1) is 5.92 Å². The Hall–Kier alpha value is -2.63. The minimum absolute atomic E-state index is 0.0418. The molecule has 0 bridgehead atoms. The summed E-state index contributed by atoms with van der Waals surface area (Å²) in [5.74, 6) is 1.09. The Bertz CT molecular complexity index is 875. The molecule has 0 unspecified atom stereocenters. The first-order chi connectivity index (χ1) is 14.0. The maximum atomic E-state index is 13.2. The van der Waals surface area contributed by atoms with Crippen molar-refractivity contribution in [2.45, 2.75) is 33.6 Å². The van der Waals surface area contributed by atoms with Gasteiger partial charge in [-0.15, -0.1) is 0 Å². The number of benzene rings is 1. The molecule has 2 aromatic rings. The predicted molar refractivity (Wildman–Crippen MR) is 116 cm³/mol. The van der Waals surface area contributed by atoms with Crippen LogP contribution in [0.1, 0.15) is 29.7 Å². The van der Waals surface area contributed by atoms with Crippen LogP contribution in [0.4, 0.5) is 11.6 Å². The van der Waals surface area contributed by atoms with E-state index in [0.717, 1.165) is 63.8 Å². The second kappa shape index (κ2) is 8.39. The second-order valence-electron chi connectivity index (χ2n) is 8.39. The fraction of sp³-hybridized carbons (Fsp3) is 0.522. The average Bonchev–Trinajstić information content (AvgIpc) is 2.75. The van der Waals surface area contributed by atoms with Gasteiger partial charge in [-0.05, 0) is 56.9 Å². The van der Waals surface area contributed by atoms with Crippen LogP contribution >= 0.6 is 0 Å². The smallest absolute Gasteiger partial charge is 0.227 e. The average molecular weight is 394 g/mol. The van der Waals surface area contributed by atoms with Gasteiger partial charge in [-0.2, -0.15) is 0 Å². The fourth-order valence-corrected chi connectivity index (χ4v) is 4.43. The molecule has 2 aliphatic rings. The summed E-state index contributed by atoms with van der Waals surface area (Å²) in [5, 5.41) is 0. The SMILES string of the molecule is Cc1ccc(C)c(N2CCN(C(=O)[C@H]3CCCN(c4nccc(C)n4)C3)CC2)c1. The molecule has 0 spiro atoms. The molecule has 1 aromatic heterocycles. The minimum Gasteiger partial charge on any atom is -0.368 e. The minimum atomic E-state index is 0.0418. The van der Waals surface area contributed by atoms with Crippen molar-refractivity contribution in [3.63, 3.8) is 0 Å². The number of piperazine rings is 1. The fourth-order valence-electron chi connectivity index (χ4n) is 4.43. The summed E-state index contributed by atoms with van der Waals surface area (Å²) in [7, 11) is 0. The van der Waals surface area contributed by atoms with Crippen LogP contribution in [-0.2, 0) is 4.79 Å². The van der Waals surface area contributed by atoms with Crippen LogP contribution in [0.3, 0.4) is 0 Å². The van der Waals surface area contributed by atoms with E-state index >= 15 is 0 Å². The highest BCUT2D eigenvalue weighted by Gasteiger charge is 2.32. The number of piperidine rings is 1. The Kier molecular flexibility index (Phi) is 5.69. The Balaban J connectivity index is 1.37. The van der Waals surface area contributed by atoms with Gasteiger partial charge >= 0.3 is 0 Å². The van der Waals surface area contributed by atoms with Crippen molar-refractivity contribution in [3.8, 4) is 0 Å². The summed E-state index contributed by atoms with van der Waals surface area (Å²) >= 11 is 0. The van der Waals surface area contributed by atoms with Gasteiger partial charge < -0.3 is 14.7 Å². The molecule has 154 valence electrons. The molecule has 0 radical (unpaired) electrons. The first-order valence-electron chi connectivity index (χ1n) is 10.7. The van der Waals surface area contributed by atoms with Crippen LogP contribution < -0.4 is 9.80 Å². The molecule has 1 aromatic carbocycles. The summed E-state index contributed by atoms with van der Waals surface area (Å²) in [5.41, 5.74) is 4.85. The molecule has 4 rings (SSSR count). The first kappa shape index (κ1) is 19.7.